The zero-order chi connectivity index (χ0) is 11.8. The lowest BCUT2D eigenvalue weighted by Crippen LogP contribution is -2.38. The Labute approximate surface area is 97.0 Å². The van der Waals surface area contributed by atoms with E-state index >= 15 is 0 Å². The zero-order valence-electron chi connectivity index (χ0n) is 11.6. The van der Waals surface area contributed by atoms with Crippen LogP contribution in [-0.4, -0.2) is 12.1 Å². The Morgan fingerprint density at radius 2 is 1.00 bits per heavy atom. The molecule has 0 fully saturated rings. The van der Waals surface area contributed by atoms with Crippen molar-refractivity contribution < 1.29 is 0 Å². The molecular formula is C14H30N. The van der Waals surface area contributed by atoms with Crippen molar-refractivity contribution in [2.75, 3.05) is 0 Å². The molecule has 0 heterocycles. The highest BCUT2D eigenvalue weighted by Crippen LogP contribution is 2.18. The van der Waals surface area contributed by atoms with E-state index in [1.807, 2.05) is 0 Å². The van der Waals surface area contributed by atoms with Crippen molar-refractivity contribution in [2.45, 2.75) is 79.3 Å². The Kier molecular flexibility index (Phi) is 8.13. The maximum absolute atomic E-state index is 5.05. The first kappa shape index (κ1) is 15.0. The first-order valence-corrected chi connectivity index (χ1v) is 6.80. The summed E-state index contributed by atoms with van der Waals surface area (Å²) in [5.74, 6) is 1.49. The van der Waals surface area contributed by atoms with E-state index in [1.54, 1.807) is 0 Å². The minimum Gasteiger partial charge on any atom is -0.235 e. The molecule has 4 atom stereocenters. The van der Waals surface area contributed by atoms with Gasteiger partial charge >= 0.3 is 0 Å². The average molecular weight is 212 g/mol. The summed E-state index contributed by atoms with van der Waals surface area (Å²) in [6, 6.07) is 1.16. The Morgan fingerprint density at radius 3 is 1.20 bits per heavy atom. The molecule has 1 nitrogen and oxygen atoms in total. The predicted molar refractivity (Wildman–Crippen MR) is 69.2 cm³/mol. The zero-order valence-corrected chi connectivity index (χ0v) is 11.6. The molecule has 0 amide bonds. The maximum Gasteiger partial charge on any atom is 0.0272 e. The van der Waals surface area contributed by atoms with Crippen LogP contribution in [0.1, 0.15) is 67.2 Å². The molecule has 0 aromatic rings. The van der Waals surface area contributed by atoms with Crippen LogP contribution in [0.25, 0.3) is 0 Å². The number of hydrogen-bond acceptors (Lipinski definition) is 0. The second kappa shape index (κ2) is 8.15. The quantitative estimate of drug-likeness (QED) is 0.571. The summed E-state index contributed by atoms with van der Waals surface area (Å²) in [5, 5.41) is 5.05. The average Bonchev–Trinajstić information content (AvgIpc) is 2.28. The van der Waals surface area contributed by atoms with Crippen molar-refractivity contribution >= 4 is 0 Å². The van der Waals surface area contributed by atoms with E-state index in [0.717, 1.165) is 11.8 Å². The van der Waals surface area contributed by atoms with Gasteiger partial charge in [0.25, 0.3) is 0 Å². The van der Waals surface area contributed by atoms with Gasteiger partial charge in [0.15, 0.2) is 0 Å². The summed E-state index contributed by atoms with van der Waals surface area (Å²) in [5.41, 5.74) is 0. The third-order valence-electron chi connectivity index (χ3n) is 3.82. The van der Waals surface area contributed by atoms with Gasteiger partial charge in [0.2, 0.25) is 0 Å². The van der Waals surface area contributed by atoms with Crippen molar-refractivity contribution in [3.8, 4) is 0 Å². The van der Waals surface area contributed by atoms with Gasteiger partial charge in [0, 0.05) is 12.1 Å². The number of nitrogens with zero attached hydrogens (tertiary/aromatic N) is 1. The molecule has 91 valence electrons. The normalized spacial score (nSPS) is 19.6. The molecule has 1 radical (unpaired) electrons. The predicted octanol–water partition coefficient (Wildman–Crippen LogP) is 4.24. The fourth-order valence-corrected chi connectivity index (χ4v) is 2.10. The smallest absolute Gasteiger partial charge is 0.0272 e. The second-order valence-corrected chi connectivity index (χ2v) is 4.87. The van der Waals surface area contributed by atoms with E-state index in [-0.39, 0.29) is 0 Å². The van der Waals surface area contributed by atoms with Gasteiger partial charge in [0.1, 0.15) is 0 Å². The molecule has 0 saturated carbocycles. The van der Waals surface area contributed by atoms with Crippen molar-refractivity contribution in [3.63, 3.8) is 0 Å². The fourth-order valence-electron chi connectivity index (χ4n) is 2.10. The van der Waals surface area contributed by atoms with Crippen molar-refractivity contribution in [1.29, 1.82) is 0 Å². The minimum absolute atomic E-state index is 0.578. The molecule has 0 spiro atoms. The topological polar surface area (TPSA) is 14.1 Å². The van der Waals surface area contributed by atoms with Crippen LogP contribution in [0.15, 0.2) is 0 Å². The Bertz CT molecular complexity index is 128. The molecule has 4 unspecified atom stereocenters. The Hall–Kier alpha value is -0.0400. The van der Waals surface area contributed by atoms with Gasteiger partial charge < -0.3 is 0 Å². The molecule has 0 bridgehead atoms. The van der Waals surface area contributed by atoms with Gasteiger partial charge in [-0.1, -0.05) is 54.4 Å². The van der Waals surface area contributed by atoms with E-state index in [4.69, 9.17) is 5.32 Å². The van der Waals surface area contributed by atoms with Crippen LogP contribution < -0.4 is 5.32 Å². The molecule has 0 aliphatic heterocycles. The summed E-state index contributed by atoms with van der Waals surface area (Å²) >= 11 is 0. The lowest BCUT2D eigenvalue weighted by Gasteiger charge is -2.29. The molecule has 0 N–H and O–H groups in total. The van der Waals surface area contributed by atoms with Crippen LogP contribution >= 0.6 is 0 Å². The van der Waals surface area contributed by atoms with Crippen molar-refractivity contribution in [2.24, 2.45) is 11.8 Å². The van der Waals surface area contributed by atoms with E-state index in [2.05, 4.69) is 41.5 Å². The van der Waals surface area contributed by atoms with Crippen LogP contribution in [-0.2, 0) is 0 Å². The van der Waals surface area contributed by atoms with Gasteiger partial charge in [0.05, 0.1) is 0 Å². The highest BCUT2D eigenvalue weighted by Gasteiger charge is 2.21. The minimum atomic E-state index is 0.578. The van der Waals surface area contributed by atoms with Crippen molar-refractivity contribution in [3.05, 3.63) is 0 Å². The summed E-state index contributed by atoms with van der Waals surface area (Å²) in [6.45, 7) is 13.7. The van der Waals surface area contributed by atoms with Crippen LogP contribution in [0.4, 0.5) is 0 Å². The van der Waals surface area contributed by atoms with Gasteiger partial charge in [-0.15, -0.1) is 0 Å². The molecule has 0 saturated heterocycles. The largest absolute Gasteiger partial charge is 0.235 e. The first-order chi connectivity index (χ1) is 7.10. The van der Waals surface area contributed by atoms with Gasteiger partial charge in [-0.3, -0.25) is 0 Å². The molecule has 0 aromatic carbocycles. The molecule has 1 heteroatoms. The Balaban J connectivity index is 4.23. The highest BCUT2D eigenvalue weighted by molar-refractivity contribution is 4.78. The monoisotopic (exact) mass is 212 g/mol. The molecule has 0 aliphatic rings. The standard InChI is InChI=1S/C14H30N/c1-7-11(5)13(9-3)15-14(10-4)12(6)8-2/h11-14H,7-10H2,1-6H3. The van der Waals surface area contributed by atoms with Crippen LogP contribution in [0.5, 0.6) is 0 Å². The second-order valence-electron chi connectivity index (χ2n) is 4.87. The van der Waals surface area contributed by atoms with Gasteiger partial charge in [-0.2, -0.15) is 0 Å². The summed E-state index contributed by atoms with van der Waals surface area (Å²) in [6.07, 6.45) is 4.89. The van der Waals surface area contributed by atoms with Crippen LogP contribution in [0, 0.1) is 11.8 Å². The summed E-state index contributed by atoms with van der Waals surface area (Å²) in [4.78, 5) is 0. The molecular weight excluding hydrogens is 182 g/mol. The molecule has 0 rings (SSSR count). The van der Waals surface area contributed by atoms with Gasteiger partial charge in [-0.25, -0.2) is 5.32 Å². The third kappa shape index (κ3) is 5.01. The molecule has 0 aliphatic carbocycles. The molecule has 0 aromatic heterocycles. The third-order valence-corrected chi connectivity index (χ3v) is 3.82. The first-order valence-electron chi connectivity index (χ1n) is 6.80. The fraction of sp³-hybridized carbons (Fsp3) is 1.00. The van der Waals surface area contributed by atoms with Crippen LogP contribution in [0.2, 0.25) is 0 Å². The van der Waals surface area contributed by atoms with Crippen molar-refractivity contribution in [1.82, 2.24) is 5.32 Å². The summed E-state index contributed by atoms with van der Waals surface area (Å²) in [7, 11) is 0. The Morgan fingerprint density at radius 1 is 0.667 bits per heavy atom. The van der Waals surface area contributed by atoms with Crippen LogP contribution in [0.3, 0.4) is 0 Å². The summed E-state index contributed by atoms with van der Waals surface area (Å²) < 4.78 is 0. The number of hydrogen-bond donors (Lipinski definition) is 0. The lowest BCUT2D eigenvalue weighted by molar-refractivity contribution is 0.259. The SMILES string of the molecule is CCC(C)C(CC)[N]C(CC)C(C)CC. The highest BCUT2D eigenvalue weighted by atomic mass is 15.0. The maximum atomic E-state index is 5.05. The lowest BCUT2D eigenvalue weighted by atomic mass is 9.91. The molecule has 15 heavy (non-hydrogen) atoms. The van der Waals surface area contributed by atoms with E-state index in [9.17, 15) is 0 Å². The van der Waals surface area contributed by atoms with Gasteiger partial charge in [-0.05, 0) is 24.7 Å². The van der Waals surface area contributed by atoms with E-state index < -0.39 is 0 Å². The van der Waals surface area contributed by atoms with E-state index in [1.165, 1.54) is 25.7 Å². The van der Waals surface area contributed by atoms with E-state index in [0.29, 0.717) is 12.1 Å². The number of rotatable bonds is 8.